The second kappa shape index (κ2) is 8.61. The van der Waals surface area contributed by atoms with Gasteiger partial charge in [-0.2, -0.15) is 4.31 Å². The first-order valence-electron chi connectivity index (χ1n) is 9.99. The van der Waals surface area contributed by atoms with Crippen LogP contribution in [-0.4, -0.2) is 67.7 Å². The number of ether oxygens (including phenoxy) is 2. The summed E-state index contributed by atoms with van der Waals surface area (Å²) in [5, 5.41) is -0.231. The number of hydrogen-bond donors (Lipinski definition) is 0. The molecular formula is C20H28ClFN2O5S. The predicted octanol–water partition coefficient (Wildman–Crippen LogP) is 3.66. The first-order chi connectivity index (χ1) is 13.9. The molecule has 168 valence electrons. The minimum Gasteiger partial charge on any atom is -0.444 e. The van der Waals surface area contributed by atoms with Crippen LogP contribution in [0.5, 0.6) is 0 Å². The van der Waals surface area contributed by atoms with Gasteiger partial charge in [0.1, 0.15) is 11.4 Å². The molecule has 3 rings (SSSR count). The van der Waals surface area contributed by atoms with Crippen LogP contribution in [0, 0.1) is 5.82 Å². The van der Waals surface area contributed by atoms with Gasteiger partial charge in [0.25, 0.3) is 0 Å². The van der Waals surface area contributed by atoms with Crippen LogP contribution >= 0.6 is 11.6 Å². The third-order valence-electron chi connectivity index (χ3n) is 5.29. The number of morpholine rings is 1. The van der Waals surface area contributed by atoms with Crippen molar-refractivity contribution in [3.05, 3.63) is 29.0 Å². The van der Waals surface area contributed by atoms with Crippen LogP contribution in [0.15, 0.2) is 23.1 Å². The Morgan fingerprint density at radius 2 is 1.97 bits per heavy atom. The molecule has 2 aliphatic rings. The molecular weight excluding hydrogens is 435 g/mol. The molecule has 1 unspecified atom stereocenters. The van der Waals surface area contributed by atoms with Gasteiger partial charge in [-0.3, -0.25) is 0 Å². The lowest BCUT2D eigenvalue weighted by Crippen LogP contribution is -2.54. The zero-order valence-corrected chi connectivity index (χ0v) is 19.1. The SMILES string of the molecule is CC(C)(C)OC(=O)N1CCOC2(CCCN(S(=O)(=O)c3ccc(F)c(Cl)c3)CC2)C1. The molecule has 0 aromatic heterocycles. The number of amides is 1. The Hall–Kier alpha value is -1.42. The Balaban J connectivity index is 1.72. The Kier molecular flexibility index (Phi) is 6.67. The van der Waals surface area contributed by atoms with E-state index in [9.17, 15) is 17.6 Å². The maximum atomic E-state index is 13.4. The molecule has 7 nitrogen and oxygen atoms in total. The smallest absolute Gasteiger partial charge is 0.410 e. The van der Waals surface area contributed by atoms with Crippen LogP contribution < -0.4 is 0 Å². The summed E-state index contributed by atoms with van der Waals surface area (Å²) in [5.41, 5.74) is -1.20. The van der Waals surface area contributed by atoms with Gasteiger partial charge in [-0.15, -0.1) is 0 Å². The minimum absolute atomic E-state index is 0.0372. The molecule has 30 heavy (non-hydrogen) atoms. The maximum absolute atomic E-state index is 13.4. The lowest BCUT2D eigenvalue weighted by molar-refractivity contribution is -0.114. The summed E-state index contributed by atoms with van der Waals surface area (Å²) in [6.07, 6.45) is 1.26. The normalized spacial score (nSPS) is 24.0. The summed E-state index contributed by atoms with van der Waals surface area (Å²) >= 11 is 5.77. The number of carbonyl (C=O) groups excluding carboxylic acids is 1. The highest BCUT2D eigenvalue weighted by atomic mass is 35.5. The number of halogens is 2. The Bertz CT molecular complexity index is 905. The molecule has 2 fully saturated rings. The van der Waals surface area contributed by atoms with Crippen molar-refractivity contribution in [3.63, 3.8) is 0 Å². The van der Waals surface area contributed by atoms with Gasteiger partial charge >= 0.3 is 6.09 Å². The molecule has 2 aliphatic heterocycles. The first-order valence-corrected chi connectivity index (χ1v) is 11.8. The van der Waals surface area contributed by atoms with E-state index in [4.69, 9.17) is 21.1 Å². The summed E-state index contributed by atoms with van der Waals surface area (Å²) < 4.78 is 52.4. The third kappa shape index (κ3) is 5.25. The van der Waals surface area contributed by atoms with Crippen molar-refractivity contribution in [2.24, 2.45) is 0 Å². The van der Waals surface area contributed by atoms with Crippen LogP contribution in [0.4, 0.5) is 9.18 Å². The Morgan fingerprint density at radius 1 is 1.23 bits per heavy atom. The van der Waals surface area contributed by atoms with E-state index in [0.717, 1.165) is 12.1 Å². The van der Waals surface area contributed by atoms with Gasteiger partial charge in [0.05, 0.1) is 28.7 Å². The highest BCUT2D eigenvalue weighted by Gasteiger charge is 2.42. The van der Waals surface area contributed by atoms with Crippen molar-refractivity contribution in [2.75, 3.05) is 32.8 Å². The molecule has 0 saturated carbocycles. The lowest BCUT2D eigenvalue weighted by Gasteiger charge is -2.42. The van der Waals surface area contributed by atoms with Gasteiger partial charge in [-0.1, -0.05) is 11.6 Å². The Morgan fingerprint density at radius 3 is 2.63 bits per heavy atom. The molecule has 2 heterocycles. The van der Waals surface area contributed by atoms with Gasteiger partial charge in [-0.25, -0.2) is 17.6 Å². The van der Waals surface area contributed by atoms with E-state index in [-0.39, 0.29) is 22.6 Å². The van der Waals surface area contributed by atoms with Crippen molar-refractivity contribution >= 4 is 27.7 Å². The van der Waals surface area contributed by atoms with Crippen LogP contribution in [-0.2, 0) is 19.5 Å². The molecule has 0 bridgehead atoms. The summed E-state index contributed by atoms with van der Waals surface area (Å²) in [6.45, 7) is 7.17. The van der Waals surface area contributed by atoms with Gasteiger partial charge in [0.15, 0.2) is 0 Å². The van der Waals surface area contributed by atoms with Gasteiger partial charge in [-0.05, 0) is 58.2 Å². The predicted molar refractivity (Wildman–Crippen MR) is 111 cm³/mol. The molecule has 1 aromatic rings. The lowest BCUT2D eigenvalue weighted by atomic mass is 9.92. The second-order valence-corrected chi connectivity index (χ2v) is 11.1. The maximum Gasteiger partial charge on any atom is 0.410 e. The minimum atomic E-state index is -3.81. The standard InChI is InChI=1S/C20H28ClFN2O5S/c1-19(2,3)29-18(25)23-11-12-28-20(14-23)7-4-9-24(10-8-20)30(26,27)15-5-6-17(22)16(21)13-15/h5-6,13H,4,7-12,14H2,1-3H3. The molecule has 0 aliphatic carbocycles. The Labute approximate surface area is 182 Å². The van der Waals surface area contributed by atoms with Crippen molar-refractivity contribution in [2.45, 2.75) is 56.1 Å². The van der Waals surface area contributed by atoms with Crippen molar-refractivity contribution in [3.8, 4) is 0 Å². The summed E-state index contributed by atoms with van der Waals surface area (Å²) in [6, 6.07) is 3.41. The third-order valence-corrected chi connectivity index (χ3v) is 7.47. The number of nitrogens with zero attached hydrogens (tertiary/aromatic N) is 2. The van der Waals surface area contributed by atoms with Crippen LogP contribution in [0.1, 0.15) is 40.0 Å². The van der Waals surface area contributed by atoms with Crippen LogP contribution in [0.3, 0.4) is 0 Å². The van der Waals surface area contributed by atoms with Gasteiger partial charge in [0, 0.05) is 19.6 Å². The summed E-state index contributed by atoms with van der Waals surface area (Å²) in [4.78, 5) is 14.1. The van der Waals surface area contributed by atoms with Crippen LogP contribution in [0.25, 0.3) is 0 Å². The molecule has 10 heteroatoms. The fraction of sp³-hybridized carbons (Fsp3) is 0.650. The summed E-state index contributed by atoms with van der Waals surface area (Å²) in [7, 11) is -3.81. The quantitative estimate of drug-likeness (QED) is 0.670. The van der Waals surface area contributed by atoms with E-state index >= 15 is 0 Å². The van der Waals surface area contributed by atoms with E-state index in [2.05, 4.69) is 0 Å². The van der Waals surface area contributed by atoms with E-state index in [1.807, 2.05) is 20.8 Å². The molecule has 0 radical (unpaired) electrons. The van der Waals surface area contributed by atoms with Crippen LogP contribution in [0.2, 0.25) is 5.02 Å². The fourth-order valence-electron chi connectivity index (χ4n) is 3.80. The number of carbonyl (C=O) groups is 1. The summed E-state index contributed by atoms with van der Waals surface area (Å²) in [5.74, 6) is -0.664. The monoisotopic (exact) mass is 462 g/mol. The average molecular weight is 463 g/mol. The highest BCUT2D eigenvalue weighted by molar-refractivity contribution is 7.89. The van der Waals surface area contributed by atoms with Crippen molar-refractivity contribution in [1.82, 2.24) is 9.21 Å². The first kappa shape index (κ1) is 23.2. The molecule has 1 spiro atoms. The van der Waals surface area contributed by atoms with Gasteiger partial charge in [0.2, 0.25) is 10.0 Å². The molecule has 1 atom stereocenters. The molecule has 1 aromatic carbocycles. The topological polar surface area (TPSA) is 76.2 Å². The number of sulfonamides is 1. The fourth-order valence-corrected chi connectivity index (χ4v) is 5.55. The zero-order valence-electron chi connectivity index (χ0n) is 17.5. The zero-order chi connectivity index (χ0) is 22.2. The van der Waals surface area contributed by atoms with Gasteiger partial charge < -0.3 is 14.4 Å². The van der Waals surface area contributed by atoms with E-state index in [0.29, 0.717) is 45.5 Å². The van der Waals surface area contributed by atoms with Crippen molar-refractivity contribution < 1.29 is 27.1 Å². The molecule has 1 amide bonds. The number of rotatable bonds is 2. The van der Waals surface area contributed by atoms with E-state index in [1.54, 1.807) is 4.90 Å². The average Bonchev–Trinajstić information content (AvgIpc) is 2.85. The second-order valence-electron chi connectivity index (χ2n) is 8.77. The molecule has 2 saturated heterocycles. The number of hydrogen-bond acceptors (Lipinski definition) is 5. The highest BCUT2D eigenvalue weighted by Crippen LogP contribution is 2.33. The molecule has 0 N–H and O–H groups in total. The van der Waals surface area contributed by atoms with E-state index in [1.165, 1.54) is 10.4 Å². The van der Waals surface area contributed by atoms with E-state index < -0.39 is 27.0 Å². The van der Waals surface area contributed by atoms with Crippen molar-refractivity contribution in [1.29, 1.82) is 0 Å². The number of benzene rings is 1. The largest absolute Gasteiger partial charge is 0.444 e.